The molecular formula is C19H23F3N4O3S. The van der Waals surface area contributed by atoms with Gasteiger partial charge in [0, 0.05) is 5.56 Å². The molecule has 1 aromatic carbocycles. The van der Waals surface area contributed by atoms with Crippen molar-refractivity contribution in [3.05, 3.63) is 35.0 Å². The van der Waals surface area contributed by atoms with Gasteiger partial charge in [-0.15, -0.1) is 5.10 Å². The molecule has 1 saturated heterocycles. The molecule has 0 aliphatic carbocycles. The maximum Gasteiger partial charge on any atom is 0.417 e. The second-order valence-corrected chi connectivity index (χ2v) is 8.91. The van der Waals surface area contributed by atoms with Crippen molar-refractivity contribution in [1.82, 2.24) is 15.5 Å². The molecule has 0 amide bonds. The van der Waals surface area contributed by atoms with E-state index in [0.717, 1.165) is 44.1 Å². The summed E-state index contributed by atoms with van der Waals surface area (Å²) in [4.78, 5) is -1.04. The molecule has 164 valence electrons. The third-order valence-electron chi connectivity index (χ3n) is 5.10. The fraction of sp³-hybridized carbons (Fsp3) is 0.474. The number of aromatic nitrogens is 2. The van der Waals surface area contributed by atoms with Crippen molar-refractivity contribution in [3.63, 3.8) is 0 Å². The Morgan fingerprint density at radius 2 is 2.00 bits per heavy atom. The van der Waals surface area contributed by atoms with Gasteiger partial charge in [-0.25, -0.2) is 13.6 Å². The molecule has 0 radical (unpaired) electrons. The van der Waals surface area contributed by atoms with Crippen LogP contribution in [0.25, 0.3) is 11.3 Å². The van der Waals surface area contributed by atoms with Crippen molar-refractivity contribution >= 4 is 10.0 Å². The maximum absolute atomic E-state index is 13.4. The van der Waals surface area contributed by atoms with Crippen molar-refractivity contribution < 1.29 is 26.3 Å². The Labute approximate surface area is 172 Å². The number of hydrogen-bond donors (Lipinski definition) is 2. The highest BCUT2D eigenvalue weighted by molar-refractivity contribution is 7.89. The van der Waals surface area contributed by atoms with Crippen LogP contribution in [-0.4, -0.2) is 38.8 Å². The predicted molar refractivity (Wildman–Crippen MR) is 104 cm³/mol. The van der Waals surface area contributed by atoms with Crippen LogP contribution in [-0.2, 0) is 22.6 Å². The minimum absolute atomic E-state index is 0.0745. The SMILES string of the molecule is COc1cc(C(F)(F)F)c(S(N)(=O)=O)cc1-c1nnc(C[C@@H]2CCCNC2)cc1C. The van der Waals surface area contributed by atoms with Gasteiger partial charge in [0.2, 0.25) is 10.0 Å². The van der Waals surface area contributed by atoms with Crippen LogP contribution in [0, 0.1) is 12.8 Å². The van der Waals surface area contributed by atoms with Gasteiger partial charge in [-0.1, -0.05) is 0 Å². The Morgan fingerprint density at radius 3 is 2.53 bits per heavy atom. The first-order valence-corrected chi connectivity index (χ1v) is 10.9. The van der Waals surface area contributed by atoms with Crippen LogP contribution in [0.2, 0.25) is 0 Å². The molecule has 1 atom stereocenters. The minimum Gasteiger partial charge on any atom is -0.496 e. The van der Waals surface area contributed by atoms with Gasteiger partial charge in [0.15, 0.2) is 0 Å². The molecule has 30 heavy (non-hydrogen) atoms. The summed E-state index contributed by atoms with van der Waals surface area (Å²) >= 11 is 0. The van der Waals surface area contributed by atoms with Crippen molar-refractivity contribution in [2.75, 3.05) is 20.2 Å². The Kier molecular flexibility index (Phi) is 6.34. The number of hydrogen-bond acceptors (Lipinski definition) is 6. The second kappa shape index (κ2) is 8.48. The van der Waals surface area contributed by atoms with Crippen LogP contribution in [0.15, 0.2) is 23.1 Å². The highest BCUT2D eigenvalue weighted by Crippen LogP contribution is 2.41. The molecule has 0 bridgehead atoms. The summed E-state index contributed by atoms with van der Waals surface area (Å²) in [6.45, 7) is 3.63. The van der Waals surface area contributed by atoms with E-state index in [1.807, 2.05) is 6.07 Å². The number of nitrogens with one attached hydrogen (secondary N) is 1. The lowest BCUT2D eigenvalue weighted by molar-refractivity contribution is -0.140. The average molecular weight is 444 g/mol. The number of sulfonamides is 1. The largest absolute Gasteiger partial charge is 0.496 e. The van der Waals surface area contributed by atoms with Crippen LogP contribution in [0.4, 0.5) is 13.2 Å². The van der Waals surface area contributed by atoms with Crippen LogP contribution in [0.3, 0.4) is 0 Å². The number of primary sulfonamides is 1. The molecule has 7 nitrogen and oxygen atoms in total. The van der Waals surface area contributed by atoms with E-state index >= 15 is 0 Å². The van der Waals surface area contributed by atoms with Crippen molar-refractivity contribution in [2.45, 2.75) is 37.3 Å². The Hall–Kier alpha value is -2.24. The molecule has 1 fully saturated rings. The first kappa shape index (κ1) is 22.4. The van der Waals surface area contributed by atoms with Gasteiger partial charge in [0.1, 0.15) is 5.75 Å². The van der Waals surface area contributed by atoms with Gasteiger partial charge in [-0.2, -0.15) is 18.3 Å². The van der Waals surface area contributed by atoms with E-state index in [0.29, 0.717) is 17.5 Å². The summed E-state index contributed by atoms with van der Waals surface area (Å²) in [7, 11) is -3.45. The fourth-order valence-electron chi connectivity index (χ4n) is 3.67. The van der Waals surface area contributed by atoms with Crippen molar-refractivity contribution in [1.29, 1.82) is 0 Å². The summed E-state index contributed by atoms with van der Waals surface area (Å²) in [5.41, 5.74) is 0.323. The van der Waals surface area contributed by atoms with Gasteiger partial charge in [-0.05, 0) is 69.0 Å². The maximum atomic E-state index is 13.4. The first-order chi connectivity index (χ1) is 14.0. The molecule has 11 heteroatoms. The van der Waals surface area contributed by atoms with E-state index in [1.54, 1.807) is 6.92 Å². The number of nitrogens with two attached hydrogens (primary N) is 1. The smallest absolute Gasteiger partial charge is 0.417 e. The minimum atomic E-state index is -4.92. The van der Waals surface area contributed by atoms with Gasteiger partial charge in [-0.3, -0.25) is 0 Å². The number of alkyl halides is 3. The molecule has 0 spiro atoms. The van der Waals surface area contributed by atoms with E-state index in [2.05, 4.69) is 15.5 Å². The van der Waals surface area contributed by atoms with Gasteiger partial charge >= 0.3 is 6.18 Å². The molecule has 3 rings (SSSR count). The molecule has 1 aliphatic heterocycles. The van der Waals surface area contributed by atoms with E-state index < -0.39 is 26.7 Å². The summed E-state index contributed by atoms with van der Waals surface area (Å²) in [5, 5.41) is 16.8. The zero-order valence-corrected chi connectivity index (χ0v) is 17.4. The highest BCUT2D eigenvalue weighted by Gasteiger charge is 2.38. The summed E-state index contributed by atoms with van der Waals surface area (Å²) < 4.78 is 68.9. The fourth-order valence-corrected chi connectivity index (χ4v) is 4.43. The Morgan fingerprint density at radius 1 is 1.27 bits per heavy atom. The van der Waals surface area contributed by atoms with E-state index in [9.17, 15) is 21.6 Å². The number of aryl methyl sites for hydroxylation is 1. The molecule has 3 N–H and O–H groups in total. The lowest BCUT2D eigenvalue weighted by Gasteiger charge is -2.22. The summed E-state index contributed by atoms with van der Waals surface area (Å²) in [6, 6.07) is 3.28. The monoisotopic (exact) mass is 444 g/mol. The first-order valence-electron chi connectivity index (χ1n) is 9.37. The van der Waals surface area contributed by atoms with Crippen molar-refractivity contribution in [3.8, 4) is 17.0 Å². The van der Waals surface area contributed by atoms with E-state index in [4.69, 9.17) is 9.88 Å². The van der Waals surface area contributed by atoms with Crippen molar-refractivity contribution in [2.24, 2.45) is 11.1 Å². The molecule has 1 aliphatic rings. The normalized spacial score (nSPS) is 17.7. The van der Waals surface area contributed by atoms with Gasteiger partial charge in [0.05, 0.1) is 29.0 Å². The van der Waals surface area contributed by atoms with E-state index in [1.165, 1.54) is 7.11 Å². The third kappa shape index (κ3) is 4.90. The third-order valence-corrected chi connectivity index (χ3v) is 6.05. The molecular weight excluding hydrogens is 421 g/mol. The Bertz CT molecular complexity index is 1040. The molecule has 0 saturated carbocycles. The van der Waals surface area contributed by atoms with Crippen LogP contribution in [0.5, 0.6) is 5.75 Å². The zero-order valence-electron chi connectivity index (χ0n) is 16.6. The zero-order chi connectivity index (χ0) is 22.1. The predicted octanol–water partition coefficient (Wildman–Crippen LogP) is 2.67. The number of methoxy groups -OCH3 is 1. The lowest BCUT2D eigenvalue weighted by Crippen LogP contribution is -2.31. The van der Waals surface area contributed by atoms with Gasteiger partial charge in [0.25, 0.3) is 0 Å². The van der Waals surface area contributed by atoms with Crippen LogP contribution >= 0.6 is 0 Å². The summed E-state index contributed by atoms with van der Waals surface area (Å²) in [5.74, 6) is 0.268. The van der Waals surface area contributed by atoms with Crippen LogP contribution < -0.4 is 15.2 Å². The second-order valence-electron chi connectivity index (χ2n) is 7.38. The molecule has 1 aromatic heterocycles. The highest BCUT2D eigenvalue weighted by atomic mass is 32.2. The molecule has 2 heterocycles. The quantitative estimate of drug-likeness (QED) is 0.734. The number of ether oxygens (including phenoxy) is 1. The number of benzene rings is 1. The lowest BCUT2D eigenvalue weighted by atomic mass is 9.94. The standard InChI is InChI=1S/C19H23F3N4O3S/c1-11-6-13(7-12-4-3-5-24-10-12)25-26-18(11)14-8-17(30(23,27)28)15(19(20,21)22)9-16(14)29-2/h6,8-9,12,24H,3-5,7,10H2,1-2H3,(H2,23,27,28)/t12-/m0/s1. The van der Waals surface area contributed by atoms with Crippen LogP contribution in [0.1, 0.15) is 29.7 Å². The van der Waals surface area contributed by atoms with Gasteiger partial charge < -0.3 is 10.1 Å². The number of rotatable bonds is 5. The molecule has 2 aromatic rings. The average Bonchev–Trinajstić information content (AvgIpc) is 2.66. The number of halogens is 3. The van der Waals surface area contributed by atoms with E-state index in [-0.39, 0.29) is 17.0 Å². The molecule has 0 unspecified atom stereocenters. The number of nitrogens with zero attached hydrogens (tertiary/aromatic N) is 2. The topological polar surface area (TPSA) is 107 Å². The summed E-state index contributed by atoms with van der Waals surface area (Å²) in [6.07, 6.45) is -2.02. The Balaban J connectivity index is 2.06. The number of piperidine rings is 1.